The average Bonchev–Trinajstić information content (AvgIpc) is 2.55. The normalized spacial score (nSPS) is 10.6. The zero-order chi connectivity index (χ0) is 15.7. The number of rotatable bonds is 3. The van der Waals surface area contributed by atoms with Gasteiger partial charge in [-0.2, -0.15) is 0 Å². The first-order valence-electron chi connectivity index (χ1n) is 6.60. The monoisotopic (exact) mass is 297 g/mol. The zero-order valence-corrected chi connectivity index (χ0v) is 11.7. The summed E-state index contributed by atoms with van der Waals surface area (Å²) in [6.07, 6.45) is 1.35. The number of aromatic amines is 1. The average molecular weight is 297 g/mol. The summed E-state index contributed by atoms with van der Waals surface area (Å²) in [6.45, 7) is 0. The quantitative estimate of drug-likeness (QED) is 0.756. The number of carbonyl (C=O) groups excluding carboxylic acids is 1. The molecule has 1 N–H and O–H groups in total. The Hall–Kier alpha value is -2.95. The second kappa shape index (κ2) is 5.44. The first-order valence-corrected chi connectivity index (χ1v) is 6.60. The Morgan fingerprint density at radius 3 is 2.77 bits per heavy atom. The summed E-state index contributed by atoms with van der Waals surface area (Å²) in [5.74, 6) is -0.440. The second-order valence-corrected chi connectivity index (χ2v) is 4.78. The van der Waals surface area contributed by atoms with Crippen molar-refractivity contribution in [2.45, 2.75) is 0 Å². The van der Waals surface area contributed by atoms with E-state index in [9.17, 15) is 14.0 Å². The fourth-order valence-electron chi connectivity index (χ4n) is 2.28. The van der Waals surface area contributed by atoms with E-state index in [0.717, 1.165) is 6.07 Å². The molecule has 5 heteroatoms. The molecule has 0 aliphatic carbocycles. The van der Waals surface area contributed by atoms with Crippen LogP contribution in [0.15, 0.2) is 53.5 Å². The van der Waals surface area contributed by atoms with Crippen molar-refractivity contribution >= 4 is 16.7 Å². The van der Waals surface area contributed by atoms with Crippen LogP contribution < -0.4 is 10.2 Å². The van der Waals surface area contributed by atoms with Crippen LogP contribution in [0.2, 0.25) is 0 Å². The number of carbonyl (C=O) groups is 1. The molecule has 0 amide bonds. The summed E-state index contributed by atoms with van der Waals surface area (Å²) in [7, 11) is 1.50. The van der Waals surface area contributed by atoms with Gasteiger partial charge in [0.2, 0.25) is 5.43 Å². The van der Waals surface area contributed by atoms with E-state index in [2.05, 4.69) is 4.98 Å². The summed E-state index contributed by atoms with van der Waals surface area (Å²) in [5.41, 5.74) is 0.279. The van der Waals surface area contributed by atoms with Crippen molar-refractivity contribution in [1.82, 2.24) is 4.98 Å². The Bertz CT molecular complexity index is 931. The Labute approximate surface area is 125 Å². The van der Waals surface area contributed by atoms with Gasteiger partial charge >= 0.3 is 0 Å². The highest BCUT2D eigenvalue weighted by Crippen LogP contribution is 2.16. The van der Waals surface area contributed by atoms with Crippen molar-refractivity contribution in [2.24, 2.45) is 0 Å². The molecule has 0 saturated heterocycles. The molecule has 0 atom stereocenters. The van der Waals surface area contributed by atoms with Gasteiger partial charge in [0.05, 0.1) is 12.7 Å². The highest BCUT2D eigenvalue weighted by molar-refractivity contribution is 6.10. The van der Waals surface area contributed by atoms with E-state index >= 15 is 0 Å². The van der Waals surface area contributed by atoms with Crippen LogP contribution >= 0.6 is 0 Å². The first-order chi connectivity index (χ1) is 10.6. The second-order valence-electron chi connectivity index (χ2n) is 4.78. The highest BCUT2D eigenvalue weighted by Gasteiger charge is 2.16. The molecule has 0 spiro atoms. The number of benzene rings is 2. The molecule has 110 valence electrons. The third-order valence-electron chi connectivity index (χ3n) is 3.42. The lowest BCUT2D eigenvalue weighted by molar-refractivity contribution is 0.103. The van der Waals surface area contributed by atoms with Gasteiger partial charge < -0.3 is 9.72 Å². The molecular weight excluding hydrogens is 285 g/mol. The number of ether oxygens (including phenoxy) is 1. The van der Waals surface area contributed by atoms with Gasteiger partial charge in [-0.05, 0) is 30.3 Å². The number of halogens is 1. The van der Waals surface area contributed by atoms with Gasteiger partial charge in [0.25, 0.3) is 0 Å². The topological polar surface area (TPSA) is 59.2 Å². The van der Waals surface area contributed by atoms with Crippen molar-refractivity contribution in [3.63, 3.8) is 0 Å². The smallest absolute Gasteiger partial charge is 0.200 e. The number of hydrogen-bond acceptors (Lipinski definition) is 3. The number of aromatic nitrogens is 1. The summed E-state index contributed by atoms with van der Waals surface area (Å²) < 4.78 is 18.4. The number of hydrogen-bond donors (Lipinski definition) is 1. The van der Waals surface area contributed by atoms with Crippen molar-refractivity contribution < 1.29 is 13.9 Å². The van der Waals surface area contributed by atoms with Crippen molar-refractivity contribution in [3.8, 4) is 5.75 Å². The standard InChI is InChI=1S/C17H12FNO3/c1-22-12-4-2-3-10(7-12)16(20)14-9-19-15-6-5-11(18)8-13(15)17(14)21/h2-9H,1H3,(H,19,21). The Morgan fingerprint density at radius 2 is 2.00 bits per heavy atom. The minimum atomic E-state index is -0.524. The summed E-state index contributed by atoms with van der Waals surface area (Å²) in [6, 6.07) is 10.4. The fourth-order valence-corrected chi connectivity index (χ4v) is 2.28. The molecule has 4 nitrogen and oxygen atoms in total. The van der Waals surface area contributed by atoms with E-state index in [1.54, 1.807) is 24.3 Å². The molecule has 1 aromatic heterocycles. The highest BCUT2D eigenvalue weighted by atomic mass is 19.1. The maximum absolute atomic E-state index is 13.3. The predicted molar refractivity (Wildman–Crippen MR) is 81.0 cm³/mol. The first kappa shape index (κ1) is 14.0. The third-order valence-corrected chi connectivity index (χ3v) is 3.42. The van der Waals surface area contributed by atoms with E-state index < -0.39 is 17.0 Å². The molecule has 22 heavy (non-hydrogen) atoms. The number of fused-ring (bicyclic) bond motifs is 1. The number of methoxy groups -OCH3 is 1. The van der Waals surface area contributed by atoms with Gasteiger partial charge in [0.1, 0.15) is 11.6 Å². The molecule has 3 rings (SSSR count). The maximum atomic E-state index is 13.3. The number of ketones is 1. The van der Waals surface area contributed by atoms with Gasteiger partial charge in [-0.15, -0.1) is 0 Å². The lowest BCUT2D eigenvalue weighted by atomic mass is 10.0. The molecule has 0 aliphatic heterocycles. The van der Waals surface area contributed by atoms with E-state index in [0.29, 0.717) is 16.8 Å². The molecule has 0 saturated carbocycles. The van der Waals surface area contributed by atoms with E-state index in [1.165, 1.54) is 25.4 Å². The molecule has 0 unspecified atom stereocenters. The van der Waals surface area contributed by atoms with Crippen LogP contribution in [-0.2, 0) is 0 Å². The molecule has 0 radical (unpaired) electrons. The minimum absolute atomic E-state index is 0.0358. The Balaban J connectivity index is 2.15. The van der Waals surface area contributed by atoms with E-state index in [-0.39, 0.29) is 10.9 Å². The third kappa shape index (κ3) is 2.37. The number of H-pyrrole nitrogens is 1. The SMILES string of the molecule is COc1cccc(C(=O)c2c[nH]c3ccc(F)cc3c2=O)c1. The Morgan fingerprint density at radius 1 is 1.18 bits per heavy atom. The van der Waals surface area contributed by atoms with Crippen molar-refractivity contribution in [1.29, 1.82) is 0 Å². The lowest BCUT2D eigenvalue weighted by Gasteiger charge is -2.05. The maximum Gasteiger partial charge on any atom is 0.200 e. The summed E-state index contributed by atoms with van der Waals surface area (Å²) in [4.78, 5) is 27.8. The van der Waals surface area contributed by atoms with E-state index in [1.807, 2.05) is 0 Å². The van der Waals surface area contributed by atoms with E-state index in [4.69, 9.17) is 4.74 Å². The van der Waals surface area contributed by atoms with Gasteiger partial charge in [0.15, 0.2) is 5.78 Å². The van der Waals surface area contributed by atoms with Crippen molar-refractivity contribution in [3.05, 3.63) is 75.8 Å². The van der Waals surface area contributed by atoms with Crippen LogP contribution in [0.4, 0.5) is 4.39 Å². The van der Waals surface area contributed by atoms with Gasteiger partial charge in [-0.1, -0.05) is 12.1 Å². The number of nitrogens with one attached hydrogen (secondary N) is 1. The van der Waals surface area contributed by atoms with Crippen LogP contribution in [0.3, 0.4) is 0 Å². The van der Waals surface area contributed by atoms with Crippen molar-refractivity contribution in [2.75, 3.05) is 7.11 Å². The van der Waals surface area contributed by atoms with Gasteiger partial charge in [-0.3, -0.25) is 9.59 Å². The zero-order valence-electron chi connectivity index (χ0n) is 11.7. The van der Waals surface area contributed by atoms with Crippen LogP contribution in [0.5, 0.6) is 5.75 Å². The molecule has 0 fully saturated rings. The molecule has 2 aromatic carbocycles. The Kier molecular flexibility index (Phi) is 3.47. The van der Waals surface area contributed by atoms with Crippen LogP contribution in [0.25, 0.3) is 10.9 Å². The minimum Gasteiger partial charge on any atom is -0.497 e. The number of pyridine rings is 1. The molecule has 0 bridgehead atoms. The van der Waals surface area contributed by atoms with Gasteiger partial charge in [0, 0.05) is 22.7 Å². The predicted octanol–water partition coefficient (Wildman–Crippen LogP) is 2.91. The van der Waals surface area contributed by atoms with Crippen LogP contribution in [-0.4, -0.2) is 17.9 Å². The lowest BCUT2D eigenvalue weighted by Crippen LogP contribution is -2.16. The summed E-state index contributed by atoms with van der Waals surface area (Å²) in [5, 5.41) is 0.147. The molecular formula is C17H12FNO3. The summed E-state index contributed by atoms with van der Waals surface area (Å²) >= 11 is 0. The molecule has 0 aliphatic rings. The van der Waals surface area contributed by atoms with Crippen LogP contribution in [0.1, 0.15) is 15.9 Å². The largest absolute Gasteiger partial charge is 0.497 e. The van der Waals surface area contributed by atoms with Crippen LogP contribution in [0, 0.1) is 5.82 Å². The fraction of sp³-hybridized carbons (Fsp3) is 0.0588. The molecule has 1 heterocycles. The molecule has 3 aromatic rings. The van der Waals surface area contributed by atoms with Gasteiger partial charge in [-0.25, -0.2) is 4.39 Å².